The predicted molar refractivity (Wildman–Crippen MR) is 66.6 cm³/mol. The van der Waals surface area contributed by atoms with Crippen LogP contribution >= 0.6 is 11.3 Å². The van der Waals surface area contributed by atoms with Gasteiger partial charge in [-0.2, -0.15) is 0 Å². The molecule has 2 atom stereocenters. The van der Waals surface area contributed by atoms with Crippen molar-refractivity contribution in [2.45, 2.75) is 38.8 Å². The van der Waals surface area contributed by atoms with Gasteiger partial charge in [0.25, 0.3) is 0 Å². The Hall–Kier alpha value is -0.380. The van der Waals surface area contributed by atoms with Gasteiger partial charge >= 0.3 is 0 Å². The first kappa shape index (κ1) is 12.7. The van der Waals surface area contributed by atoms with Gasteiger partial charge in [-0.15, -0.1) is 11.3 Å². The summed E-state index contributed by atoms with van der Waals surface area (Å²) >= 11 is 1.82. The lowest BCUT2D eigenvalue weighted by Gasteiger charge is -2.18. The van der Waals surface area contributed by atoms with Crippen molar-refractivity contribution in [1.29, 1.82) is 0 Å². The molecule has 0 saturated carbocycles. The Morgan fingerprint density at radius 1 is 1.47 bits per heavy atom. The largest absolute Gasteiger partial charge is 0.382 e. The zero-order chi connectivity index (χ0) is 11.3. The lowest BCUT2D eigenvalue weighted by Crippen LogP contribution is -2.18. The van der Waals surface area contributed by atoms with E-state index in [0.29, 0.717) is 12.1 Å². The third-order valence-corrected chi connectivity index (χ3v) is 3.75. The Labute approximate surface area is 96.7 Å². The van der Waals surface area contributed by atoms with Gasteiger partial charge in [0, 0.05) is 18.0 Å². The molecule has 0 radical (unpaired) electrons. The second kappa shape index (κ2) is 6.26. The number of hydrogen-bond acceptors (Lipinski definition) is 3. The molecule has 2 unspecified atom stereocenters. The first-order valence-corrected chi connectivity index (χ1v) is 6.31. The van der Waals surface area contributed by atoms with E-state index in [1.807, 2.05) is 18.4 Å². The molecule has 0 spiro atoms. The van der Waals surface area contributed by atoms with Crippen LogP contribution in [0.25, 0.3) is 0 Å². The standard InChI is InChI=1S/C12H21NOS/c1-9(14-4)5-6-12(13-3)11-7-8-15-10(11)2/h7-9,12-13H,5-6H2,1-4H3. The number of rotatable bonds is 6. The third kappa shape index (κ3) is 3.59. The summed E-state index contributed by atoms with van der Waals surface area (Å²) in [6.07, 6.45) is 2.57. The number of thiophene rings is 1. The number of hydrogen-bond donors (Lipinski definition) is 1. The third-order valence-electron chi connectivity index (χ3n) is 2.89. The molecule has 0 bridgehead atoms. The highest BCUT2D eigenvalue weighted by Gasteiger charge is 2.13. The SMILES string of the molecule is CNC(CCC(C)OC)c1ccsc1C. The summed E-state index contributed by atoms with van der Waals surface area (Å²) in [7, 11) is 3.80. The summed E-state index contributed by atoms with van der Waals surface area (Å²) in [4.78, 5) is 1.42. The van der Waals surface area contributed by atoms with E-state index in [9.17, 15) is 0 Å². The predicted octanol–water partition coefficient (Wildman–Crippen LogP) is 3.13. The zero-order valence-corrected chi connectivity index (χ0v) is 10.9. The van der Waals surface area contributed by atoms with Gasteiger partial charge in [0.05, 0.1) is 6.10 Å². The maximum Gasteiger partial charge on any atom is 0.0543 e. The van der Waals surface area contributed by atoms with Gasteiger partial charge in [0.15, 0.2) is 0 Å². The van der Waals surface area contributed by atoms with E-state index in [4.69, 9.17) is 4.74 Å². The van der Waals surface area contributed by atoms with Crippen LogP contribution in [0.2, 0.25) is 0 Å². The van der Waals surface area contributed by atoms with Crippen LogP contribution in [0.15, 0.2) is 11.4 Å². The fourth-order valence-electron chi connectivity index (χ4n) is 1.73. The minimum atomic E-state index is 0.347. The van der Waals surface area contributed by atoms with Crippen LogP contribution in [-0.4, -0.2) is 20.3 Å². The van der Waals surface area contributed by atoms with E-state index in [1.165, 1.54) is 10.4 Å². The molecule has 2 nitrogen and oxygen atoms in total. The summed E-state index contributed by atoms with van der Waals surface area (Å²) in [6.45, 7) is 4.30. The fourth-order valence-corrected chi connectivity index (χ4v) is 2.50. The van der Waals surface area contributed by atoms with Gasteiger partial charge in [0.2, 0.25) is 0 Å². The van der Waals surface area contributed by atoms with Crippen LogP contribution in [0.1, 0.15) is 36.2 Å². The van der Waals surface area contributed by atoms with Gasteiger partial charge < -0.3 is 10.1 Å². The summed E-state index contributed by atoms with van der Waals surface area (Å²) in [5.41, 5.74) is 1.44. The van der Waals surface area contributed by atoms with Crippen molar-refractivity contribution in [2.75, 3.05) is 14.2 Å². The van der Waals surface area contributed by atoms with Crippen molar-refractivity contribution in [2.24, 2.45) is 0 Å². The van der Waals surface area contributed by atoms with Crippen LogP contribution in [0, 0.1) is 6.92 Å². The highest BCUT2D eigenvalue weighted by molar-refractivity contribution is 7.10. The van der Waals surface area contributed by atoms with Gasteiger partial charge in [-0.05, 0) is 50.7 Å². The average Bonchev–Trinajstić information content (AvgIpc) is 2.65. The molecule has 1 aromatic heterocycles. The number of methoxy groups -OCH3 is 1. The van der Waals surface area contributed by atoms with Crippen molar-refractivity contribution in [1.82, 2.24) is 5.32 Å². The molecule has 0 aliphatic rings. The normalized spacial score (nSPS) is 15.2. The van der Waals surface area contributed by atoms with Crippen LogP contribution in [-0.2, 0) is 4.74 Å². The molecule has 1 N–H and O–H groups in total. The monoisotopic (exact) mass is 227 g/mol. The number of ether oxygens (including phenoxy) is 1. The quantitative estimate of drug-likeness (QED) is 0.806. The smallest absolute Gasteiger partial charge is 0.0543 e. The minimum absolute atomic E-state index is 0.347. The molecule has 86 valence electrons. The zero-order valence-electron chi connectivity index (χ0n) is 10.0. The highest BCUT2D eigenvalue weighted by Crippen LogP contribution is 2.26. The van der Waals surface area contributed by atoms with E-state index in [1.54, 1.807) is 7.11 Å². The van der Waals surface area contributed by atoms with Crippen LogP contribution in [0.5, 0.6) is 0 Å². The molecule has 0 aliphatic carbocycles. The Kier molecular flexibility index (Phi) is 5.29. The molecule has 3 heteroatoms. The van der Waals surface area contributed by atoms with Crippen molar-refractivity contribution in [3.05, 3.63) is 21.9 Å². The highest BCUT2D eigenvalue weighted by atomic mass is 32.1. The summed E-state index contributed by atoms with van der Waals surface area (Å²) in [5.74, 6) is 0. The molecular weight excluding hydrogens is 206 g/mol. The maximum absolute atomic E-state index is 5.27. The second-order valence-corrected chi connectivity index (χ2v) is 5.02. The van der Waals surface area contributed by atoms with Crippen molar-refractivity contribution >= 4 is 11.3 Å². The van der Waals surface area contributed by atoms with E-state index >= 15 is 0 Å². The first-order valence-electron chi connectivity index (χ1n) is 5.43. The summed E-state index contributed by atoms with van der Waals surface area (Å²) in [6, 6.07) is 2.69. The van der Waals surface area contributed by atoms with Gasteiger partial charge in [0.1, 0.15) is 0 Å². The first-order chi connectivity index (χ1) is 7.19. The molecule has 1 heterocycles. The topological polar surface area (TPSA) is 21.3 Å². The van der Waals surface area contributed by atoms with Crippen LogP contribution in [0.3, 0.4) is 0 Å². The van der Waals surface area contributed by atoms with E-state index in [-0.39, 0.29) is 0 Å². The van der Waals surface area contributed by atoms with E-state index < -0.39 is 0 Å². The number of nitrogens with one attached hydrogen (secondary N) is 1. The molecule has 0 aromatic carbocycles. The summed E-state index contributed by atoms with van der Waals surface area (Å²) in [5, 5.41) is 5.54. The molecule has 15 heavy (non-hydrogen) atoms. The Morgan fingerprint density at radius 2 is 2.20 bits per heavy atom. The molecule has 0 amide bonds. The molecule has 1 rings (SSSR count). The van der Waals surface area contributed by atoms with Gasteiger partial charge in [-0.25, -0.2) is 0 Å². The molecule has 0 saturated heterocycles. The van der Waals surface area contributed by atoms with Crippen molar-refractivity contribution in [3.8, 4) is 0 Å². The molecule has 0 fully saturated rings. The van der Waals surface area contributed by atoms with Crippen LogP contribution in [0.4, 0.5) is 0 Å². The van der Waals surface area contributed by atoms with Crippen molar-refractivity contribution in [3.63, 3.8) is 0 Å². The molecular formula is C12H21NOS. The van der Waals surface area contributed by atoms with Crippen LogP contribution < -0.4 is 5.32 Å². The number of aryl methyl sites for hydroxylation is 1. The minimum Gasteiger partial charge on any atom is -0.382 e. The van der Waals surface area contributed by atoms with E-state index in [0.717, 1.165) is 12.8 Å². The molecule has 1 aromatic rings. The van der Waals surface area contributed by atoms with Crippen molar-refractivity contribution < 1.29 is 4.74 Å². The lowest BCUT2D eigenvalue weighted by atomic mass is 10.0. The average molecular weight is 227 g/mol. The van der Waals surface area contributed by atoms with E-state index in [2.05, 4.69) is 30.6 Å². The van der Waals surface area contributed by atoms with Gasteiger partial charge in [-0.1, -0.05) is 0 Å². The Balaban J connectivity index is 2.53. The second-order valence-electron chi connectivity index (χ2n) is 3.90. The fraction of sp³-hybridized carbons (Fsp3) is 0.667. The Bertz CT molecular complexity index is 285. The summed E-state index contributed by atoms with van der Waals surface area (Å²) < 4.78 is 5.27. The lowest BCUT2D eigenvalue weighted by molar-refractivity contribution is 0.106. The molecule has 0 aliphatic heterocycles. The van der Waals surface area contributed by atoms with Gasteiger partial charge in [-0.3, -0.25) is 0 Å². The Morgan fingerprint density at radius 3 is 2.67 bits per heavy atom. The maximum atomic E-state index is 5.27.